The van der Waals surface area contributed by atoms with Crippen molar-refractivity contribution in [3.8, 4) is 0 Å². The van der Waals surface area contributed by atoms with Crippen LogP contribution in [0.15, 0.2) is 48.7 Å². The molecule has 3 nitrogen and oxygen atoms in total. The average molecular weight is 248 g/mol. The van der Waals surface area contributed by atoms with E-state index in [2.05, 4.69) is 4.98 Å². The first-order valence-electron chi connectivity index (χ1n) is 5.08. The molecule has 0 aliphatic rings. The first-order chi connectivity index (χ1) is 8.25. The van der Waals surface area contributed by atoms with Gasteiger partial charge in [-0.25, -0.2) is 4.79 Å². The maximum absolute atomic E-state index is 11.6. The number of nitrogens with zero attached hydrogens (tertiary/aromatic N) is 1. The fourth-order valence-corrected chi connectivity index (χ4v) is 1.42. The normalized spacial score (nSPS) is 9.94. The van der Waals surface area contributed by atoms with Crippen molar-refractivity contribution in [2.45, 2.75) is 6.61 Å². The summed E-state index contributed by atoms with van der Waals surface area (Å²) < 4.78 is 5.11. The molecular weight excluding hydrogens is 238 g/mol. The Hall–Kier alpha value is -1.87. The van der Waals surface area contributed by atoms with Crippen LogP contribution in [0.2, 0.25) is 5.02 Å². The van der Waals surface area contributed by atoms with Crippen molar-refractivity contribution in [2.75, 3.05) is 0 Å². The number of hydrogen-bond donors (Lipinski definition) is 0. The van der Waals surface area contributed by atoms with Gasteiger partial charge in [0.05, 0.1) is 11.3 Å². The molecule has 0 N–H and O–H groups in total. The maximum Gasteiger partial charge on any atom is 0.338 e. The topological polar surface area (TPSA) is 39.2 Å². The van der Waals surface area contributed by atoms with E-state index in [9.17, 15) is 4.79 Å². The number of benzene rings is 1. The van der Waals surface area contributed by atoms with Gasteiger partial charge in [0.1, 0.15) is 6.61 Å². The summed E-state index contributed by atoms with van der Waals surface area (Å²) in [5, 5.41) is 0.589. The quantitative estimate of drug-likeness (QED) is 0.783. The summed E-state index contributed by atoms with van der Waals surface area (Å²) in [7, 11) is 0. The second-order valence-corrected chi connectivity index (χ2v) is 3.84. The fraction of sp³-hybridized carbons (Fsp3) is 0.0769. The van der Waals surface area contributed by atoms with E-state index in [-0.39, 0.29) is 12.6 Å². The maximum atomic E-state index is 11.6. The molecule has 0 radical (unpaired) electrons. The van der Waals surface area contributed by atoms with E-state index in [1.54, 1.807) is 36.5 Å². The first kappa shape index (κ1) is 11.6. The predicted octanol–water partition coefficient (Wildman–Crippen LogP) is 3.09. The largest absolute Gasteiger partial charge is 0.456 e. The molecule has 1 aromatic carbocycles. The standard InChI is InChI=1S/C13H10ClNO2/c14-11-6-4-10(5-7-11)13(16)17-9-12-3-1-2-8-15-12/h1-8H,9H2. The molecule has 0 fully saturated rings. The molecule has 0 saturated heterocycles. The van der Waals surface area contributed by atoms with Gasteiger partial charge in [0.25, 0.3) is 0 Å². The molecule has 17 heavy (non-hydrogen) atoms. The Balaban J connectivity index is 1.96. The van der Waals surface area contributed by atoms with Crippen molar-refractivity contribution < 1.29 is 9.53 Å². The summed E-state index contributed by atoms with van der Waals surface area (Å²) in [5.74, 6) is -0.382. The lowest BCUT2D eigenvalue weighted by Gasteiger charge is -2.04. The average Bonchev–Trinajstić information content (AvgIpc) is 2.38. The second-order valence-electron chi connectivity index (χ2n) is 3.40. The molecule has 0 unspecified atom stereocenters. The Morgan fingerprint density at radius 2 is 1.94 bits per heavy atom. The highest BCUT2D eigenvalue weighted by atomic mass is 35.5. The fourth-order valence-electron chi connectivity index (χ4n) is 1.29. The number of rotatable bonds is 3. The highest BCUT2D eigenvalue weighted by Gasteiger charge is 2.06. The minimum absolute atomic E-state index is 0.169. The zero-order chi connectivity index (χ0) is 12.1. The molecular formula is C13H10ClNO2. The molecule has 0 amide bonds. The number of ether oxygens (including phenoxy) is 1. The molecule has 0 aliphatic carbocycles. The van der Waals surface area contributed by atoms with E-state index in [0.29, 0.717) is 10.6 Å². The summed E-state index contributed by atoms with van der Waals surface area (Å²) in [5.41, 5.74) is 1.19. The number of hydrogen-bond acceptors (Lipinski definition) is 3. The van der Waals surface area contributed by atoms with Crippen LogP contribution in [0.3, 0.4) is 0 Å². The van der Waals surface area contributed by atoms with Crippen LogP contribution >= 0.6 is 11.6 Å². The van der Waals surface area contributed by atoms with Gasteiger partial charge in [0, 0.05) is 11.2 Å². The van der Waals surface area contributed by atoms with Gasteiger partial charge in [-0.3, -0.25) is 4.98 Å². The lowest BCUT2D eigenvalue weighted by Crippen LogP contribution is -2.05. The smallest absolute Gasteiger partial charge is 0.338 e. The Kier molecular flexibility index (Phi) is 3.73. The van der Waals surface area contributed by atoms with E-state index in [1.807, 2.05) is 12.1 Å². The minimum Gasteiger partial charge on any atom is -0.456 e. The molecule has 0 bridgehead atoms. The third kappa shape index (κ3) is 3.29. The van der Waals surface area contributed by atoms with Crippen LogP contribution in [0.5, 0.6) is 0 Å². The van der Waals surface area contributed by atoms with E-state index in [0.717, 1.165) is 5.69 Å². The van der Waals surface area contributed by atoms with Crippen LogP contribution in [-0.4, -0.2) is 11.0 Å². The molecule has 0 atom stereocenters. The zero-order valence-electron chi connectivity index (χ0n) is 8.97. The van der Waals surface area contributed by atoms with Crippen molar-refractivity contribution in [1.29, 1.82) is 0 Å². The first-order valence-corrected chi connectivity index (χ1v) is 5.46. The van der Waals surface area contributed by atoms with E-state index < -0.39 is 0 Å². The monoisotopic (exact) mass is 247 g/mol. The van der Waals surface area contributed by atoms with Crippen LogP contribution in [0.1, 0.15) is 16.1 Å². The Labute approximate surface area is 104 Å². The highest BCUT2D eigenvalue weighted by Crippen LogP contribution is 2.11. The van der Waals surface area contributed by atoms with E-state index in [1.165, 1.54) is 0 Å². The SMILES string of the molecule is O=C(OCc1ccccn1)c1ccc(Cl)cc1. The van der Waals surface area contributed by atoms with Crippen LogP contribution in [0.4, 0.5) is 0 Å². The van der Waals surface area contributed by atoms with Crippen molar-refractivity contribution in [3.63, 3.8) is 0 Å². The van der Waals surface area contributed by atoms with Gasteiger partial charge in [-0.05, 0) is 36.4 Å². The predicted molar refractivity (Wildman–Crippen MR) is 64.8 cm³/mol. The highest BCUT2D eigenvalue weighted by molar-refractivity contribution is 6.30. The number of pyridine rings is 1. The summed E-state index contributed by atoms with van der Waals surface area (Å²) >= 11 is 5.73. The number of halogens is 1. The third-order valence-corrected chi connectivity index (χ3v) is 2.41. The summed E-state index contributed by atoms with van der Waals surface area (Å²) in [4.78, 5) is 15.7. The molecule has 4 heteroatoms. The van der Waals surface area contributed by atoms with Crippen LogP contribution < -0.4 is 0 Å². The lowest BCUT2D eigenvalue weighted by atomic mass is 10.2. The summed E-state index contributed by atoms with van der Waals surface area (Å²) in [6.45, 7) is 0.169. The van der Waals surface area contributed by atoms with Gasteiger partial charge >= 0.3 is 5.97 Å². The Morgan fingerprint density at radius 3 is 2.59 bits per heavy atom. The van der Waals surface area contributed by atoms with Gasteiger partial charge in [-0.15, -0.1) is 0 Å². The number of carbonyl (C=O) groups excluding carboxylic acids is 1. The minimum atomic E-state index is -0.382. The van der Waals surface area contributed by atoms with E-state index >= 15 is 0 Å². The molecule has 1 aromatic heterocycles. The van der Waals surface area contributed by atoms with Crippen molar-refractivity contribution in [1.82, 2.24) is 4.98 Å². The van der Waals surface area contributed by atoms with Gasteiger partial charge in [0.2, 0.25) is 0 Å². The van der Waals surface area contributed by atoms with Gasteiger partial charge < -0.3 is 4.74 Å². The summed E-state index contributed by atoms with van der Waals surface area (Å²) in [6, 6.07) is 12.0. The van der Waals surface area contributed by atoms with Gasteiger partial charge in [-0.2, -0.15) is 0 Å². The lowest BCUT2D eigenvalue weighted by molar-refractivity contribution is 0.0468. The van der Waals surface area contributed by atoms with Crippen LogP contribution in [0.25, 0.3) is 0 Å². The molecule has 86 valence electrons. The third-order valence-electron chi connectivity index (χ3n) is 2.16. The molecule has 0 spiro atoms. The molecule has 0 aliphatic heterocycles. The number of esters is 1. The van der Waals surface area contributed by atoms with Crippen molar-refractivity contribution in [2.24, 2.45) is 0 Å². The second kappa shape index (κ2) is 5.46. The van der Waals surface area contributed by atoms with Crippen molar-refractivity contribution >= 4 is 17.6 Å². The van der Waals surface area contributed by atoms with Gasteiger partial charge in [-0.1, -0.05) is 17.7 Å². The number of aromatic nitrogens is 1. The van der Waals surface area contributed by atoms with Crippen LogP contribution in [-0.2, 0) is 11.3 Å². The Bertz CT molecular complexity index is 497. The molecule has 0 saturated carbocycles. The molecule has 1 heterocycles. The van der Waals surface area contributed by atoms with Gasteiger partial charge in [0.15, 0.2) is 0 Å². The number of carbonyl (C=O) groups is 1. The Morgan fingerprint density at radius 1 is 1.18 bits per heavy atom. The summed E-state index contributed by atoms with van der Waals surface area (Å²) in [6.07, 6.45) is 1.66. The van der Waals surface area contributed by atoms with E-state index in [4.69, 9.17) is 16.3 Å². The van der Waals surface area contributed by atoms with Crippen LogP contribution in [0, 0.1) is 0 Å². The zero-order valence-corrected chi connectivity index (χ0v) is 9.72. The molecule has 2 rings (SSSR count). The van der Waals surface area contributed by atoms with Crippen molar-refractivity contribution in [3.05, 3.63) is 64.9 Å². The molecule has 2 aromatic rings.